The van der Waals surface area contributed by atoms with Crippen molar-refractivity contribution in [1.82, 2.24) is 19.9 Å². The van der Waals surface area contributed by atoms with Crippen molar-refractivity contribution in [3.63, 3.8) is 0 Å². The Bertz CT molecular complexity index is 549. The maximum absolute atomic E-state index is 11.0. The molecule has 0 saturated heterocycles. The summed E-state index contributed by atoms with van der Waals surface area (Å²) in [6.45, 7) is 3.65. The van der Waals surface area contributed by atoms with Gasteiger partial charge in [-0.15, -0.1) is 10.2 Å². The highest BCUT2D eigenvalue weighted by molar-refractivity contribution is 6.30. The van der Waals surface area contributed by atoms with Crippen molar-refractivity contribution in [1.29, 1.82) is 0 Å². The third-order valence-corrected chi connectivity index (χ3v) is 2.27. The first kappa shape index (κ1) is 10.6. The van der Waals surface area contributed by atoms with Gasteiger partial charge in [0, 0.05) is 6.20 Å². The molecule has 0 unspecified atom stereocenters. The summed E-state index contributed by atoms with van der Waals surface area (Å²) in [5, 5.41) is 11.1. The number of amides is 1. The Hall–Kier alpha value is -1.88. The van der Waals surface area contributed by atoms with Gasteiger partial charge in [-0.1, -0.05) is 18.2 Å². The largest absolute Gasteiger partial charge is 0.345 e. The first-order valence-corrected chi connectivity index (χ1v) is 4.98. The van der Waals surface area contributed by atoms with E-state index in [9.17, 15) is 4.79 Å². The maximum Gasteiger partial charge on any atom is 0.243 e. The van der Waals surface area contributed by atoms with Gasteiger partial charge in [-0.05, 0) is 18.2 Å². The van der Waals surface area contributed by atoms with E-state index in [0.717, 1.165) is 0 Å². The van der Waals surface area contributed by atoms with E-state index in [2.05, 4.69) is 22.1 Å². The molecule has 2 aromatic rings. The summed E-state index contributed by atoms with van der Waals surface area (Å²) in [6, 6.07) is 3.49. The smallest absolute Gasteiger partial charge is 0.243 e. The number of aromatic nitrogens is 3. The molecule has 0 aliphatic heterocycles. The van der Waals surface area contributed by atoms with Crippen molar-refractivity contribution in [3.05, 3.63) is 41.8 Å². The number of hydrogen-bond acceptors (Lipinski definition) is 3. The van der Waals surface area contributed by atoms with Crippen molar-refractivity contribution < 1.29 is 4.79 Å². The van der Waals surface area contributed by atoms with E-state index in [1.807, 2.05) is 0 Å². The zero-order valence-electron chi connectivity index (χ0n) is 8.35. The fourth-order valence-electron chi connectivity index (χ4n) is 1.27. The predicted molar refractivity (Wildman–Crippen MR) is 60.0 cm³/mol. The molecule has 16 heavy (non-hydrogen) atoms. The molecule has 6 heteroatoms. The summed E-state index contributed by atoms with van der Waals surface area (Å²) < 4.78 is 1.73. The van der Waals surface area contributed by atoms with E-state index in [4.69, 9.17) is 11.6 Å². The molecule has 82 valence electrons. The first-order chi connectivity index (χ1) is 7.70. The van der Waals surface area contributed by atoms with Crippen LogP contribution in [0.4, 0.5) is 0 Å². The highest BCUT2D eigenvalue weighted by Gasteiger charge is 2.05. The van der Waals surface area contributed by atoms with Gasteiger partial charge in [-0.25, -0.2) is 0 Å². The number of carbonyl (C=O) groups excluding carboxylic acids is 1. The van der Waals surface area contributed by atoms with Crippen molar-refractivity contribution in [3.8, 4) is 0 Å². The van der Waals surface area contributed by atoms with Gasteiger partial charge in [-0.3, -0.25) is 9.20 Å². The maximum atomic E-state index is 11.0. The fourth-order valence-corrected chi connectivity index (χ4v) is 1.43. The summed E-state index contributed by atoms with van der Waals surface area (Å²) in [5.41, 5.74) is 0.687. The molecule has 0 spiro atoms. The van der Waals surface area contributed by atoms with E-state index < -0.39 is 0 Å². The summed E-state index contributed by atoms with van der Waals surface area (Å²) in [4.78, 5) is 11.0. The quantitative estimate of drug-likeness (QED) is 0.815. The third kappa shape index (κ3) is 2.04. The van der Waals surface area contributed by atoms with E-state index >= 15 is 0 Å². The van der Waals surface area contributed by atoms with Gasteiger partial charge < -0.3 is 5.32 Å². The number of carbonyl (C=O) groups is 1. The summed E-state index contributed by atoms with van der Waals surface area (Å²) in [6.07, 6.45) is 2.91. The molecule has 2 heterocycles. The second-order valence-electron chi connectivity index (χ2n) is 3.11. The highest BCUT2D eigenvalue weighted by Crippen LogP contribution is 2.11. The molecule has 0 fully saturated rings. The molecule has 0 saturated carbocycles. The number of rotatable bonds is 3. The van der Waals surface area contributed by atoms with Gasteiger partial charge in [0.2, 0.25) is 5.91 Å². The lowest BCUT2D eigenvalue weighted by Crippen LogP contribution is -2.21. The monoisotopic (exact) mass is 236 g/mol. The predicted octanol–water partition coefficient (Wildman–Crippen LogP) is 1.18. The number of pyridine rings is 1. The minimum absolute atomic E-state index is 0.251. The molecular formula is C10H9ClN4O. The lowest BCUT2D eigenvalue weighted by Gasteiger charge is -2.00. The molecule has 1 amide bonds. The SMILES string of the molecule is C=CC(=O)NCc1nnc2ccc(Cl)cn12. The Morgan fingerprint density at radius 1 is 1.56 bits per heavy atom. The fraction of sp³-hybridized carbons (Fsp3) is 0.100. The van der Waals surface area contributed by atoms with Crippen LogP contribution in [-0.4, -0.2) is 20.5 Å². The van der Waals surface area contributed by atoms with E-state index in [1.54, 1.807) is 22.7 Å². The van der Waals surface area contributed by atoms with Crippen LogP contribution in [0.2, 0.25) is 5.02 Å². The third-order valence-electron chi connectivity index (χ3n) is 2.04. The van der Waals surface area contributed by atoms with Crippen LogP contribution in [0, 0.1) is 0 Å². The number of halogens is 1. The highest BCUT2D eigenvalue weighted by atomic mass is 35.5. The van der Waals surface area contributed by atoms with E-state index in [-0.39, 0.29) is 12.5 Å². The van der Waals surface area contributed by atoms with Crippen LogP contribution in [-0.2, 0) is 11.3 Å². The molecular weight excluding hydrogens is 228 g/mol. The van der Waals surface area contributed by atoms with Crippen molar-refractivity contribution in [2.24, 2.45) is 0 Å². The number of nitrogens with one attached hydrogen (secondary N) is 1. The molecule has 0 radical (unpaired) electrons. The number of fused-ring (bicyclic) bond motifs is 1. The van der Waals surface area contributed by atoms with Gasteiger partial charge in [0.15, 0.2) is 11.5 Å². The van der Waals surface area contributed by atoms with Gasteiger partial charge in [-0.2, -0.15) is 0 Å². The van der Waals surface area contributed by atoms with Crippen molar-refractivity contribution >= 4 is 23.2 Å². The summed E-state index contributed by atoms with van der Waals surface area (Å²) in [5.74, 6) is 0.367. The Labute approximate surface area is 96.7 Å². The first-order valence-electron chi connectivity index (χ1n) is 4.60. The van der Waals surface area contributed by atoms with Crippen LogP contribution in [0.15, 0.2) is 31.0 Å². The topological polar surface area (TPSA) is 59.3 Å². The van der Waals surface area contributed by atoms with Gasteiger partial charge in [0.05, 0.1) is 11.6 Å². The molecule has 0 aliphatic carbocycles. The standard InChI is InChI=1S/C10H9ClN4O/c1-2-10(16)12-5-9-14-13-8-4-3-7(11)6-15(8)9/h2-4,6H,1,5H2,(H,12,16). The molecule has 0 atom stereocenters. The zero-order chi connectivity index (χ0) is 11.5. The van der Waals surface area contributed by atoms with E-state index in [0.29, 0.717) is 16.5 Å². The zero-order valence-corrected chi connectivity index (χ0v) is 9.11. The van der Waals surface area contributed by atoms with Gasteiger partial charge >= 0.3 is 0 Å². The molecule has 0 aromatic carbocycles. The van der Waals surface area contributed by atoms with Crippen LogP contribution in [0.5, 0.6) is 0 Å². The summed E-state index contributed by atoms with van der Waals surface area (Å²) >= 11 is 5.86. The molecule has 2 aromatic heterocycles. The Balaban J connectivity index is 2.27. The average Bonchev–Trinajstić information content (AvgIpc) is 2.68. The molecule has 2 rings (SSSR count). The molecule has 5 nitrogen and oxygen atoms in total. The molecule has 1 N–H and O–H groups in total. The van der Waals surface area contributed by atoms with E-state index in [1.165, 1.54) is 6.08 Å². The van der Waals surface area contributed by atoms with Crippen LogP contribution < -0.4 is 5.32 Å². The normalized spacial score (nSPS) is 10.3. The second kappa shape index (κ2) is 4.32. The van der Waals surface area contributed by atoms with Crippen LogP contribution >= 0.6 is 11.6 Å². The Morgan fingerprint density at radius 3 is 3.12 bits per heavy atom. The lowest BCUT2D eigenvalue weighted by atomic mass is 10.4. The minimum atomic E-state index is -0.251. The van der Waals surface area contributed by atoms with Crippen LogP contribution in [0.25, 0.3) is 5.65 Å². The number of hydrogen-bond donors (Lipinski definition) is 1. The average molecular weight is 237 g/mol. The minimum Gasteiger partial charge on any atom is -0.345 e. The van der Waals surface area contributed by atoms with Crippen molar-refractivity contribution in [2.75, 3.05) is 0 Å². The Morgan fingerprint density at radius 2 is 2.38 bits per heavy atom. The van der Waals surface area contributed by atoms with Gasteiger partial charge in [0.1, 0.15) is 0 Å². The summed E-state index contributed by atoms with van der Waals surface area (Å²) in [7, 11) is 0. The number of nitrogens with zero attached hydrogens (tertiary/aromatic N) is 3. The molecule has 0 aliphatic rings. The Kier molecular flexibility index (Phi) is 2.87. The second-order valence-corrected chi connectivity index (χ2v) is 3.55. The lowest BCUT2D eigenvalue weighted by molar-refractivity contribution is -0.116. The van der Waals surface area contributed by atoms with Crippen molar-refractivity contribution in [2.45, 2.75) is 6.54 Å². The molecule has 0 bridgehead atoms. The van der Waals surface area contributed by atoms with Gasteiger partial charge in [0.25, 0.3) is 0 Å². The van der Waals surface area contributed by atoms with Crippen LogP contribution in [0.1, 0.15) is 5.82 Å². The van der Waals surface area contributed by atoms with Crippen LogP contribution in [0.3, 0.4) is 0 Å².